The Labute approximate surface area is 133 Å². The fourth-order valence-electron chi connectivity index (χ4n) is 2.43. The molecule has 0 amide bonds. The molecule has 0 spiro atoms. The molecule has 116 valence electrons. The Morgan fingerprint density at radius 1 is 1.09 bits per heavy atom. The van der Waals surface area contributed by atoms with Crippen LogP contribution in [0.15, 0.2) is 48.0 Å². The van der Waals surface area contributed by atoms with Gasteiger partial charge in [-0.05, 0) is 24.3 Å². The Bertz CT molecular complexity index is 670. The summed E-state index contributed by atoms with van der Waals surface area (Å²) in [6, 6.07) is 3.55. The summed E-state index contributed by atoms with van der Waals surface area (Å²) in [6.45, 7) is 0. The highest BCUT2D eigenvalue weighted by atomic mass is 35.5. The highest BCUT2D eigenvalue weighted by Crippen LogP contribution is 2.47. The van der Waals surface area contributed by atoms with Crippen LogP contribution in [-0.4, -0.2) is 21.3 Å². The van der Waals surface area contributed by atoms with Crippen molar-refractivity contribution >= 4 is 11.6 Å². The van der Waals surface area contributed by atoms with Gasteiger partial charge in [0.25, 0.3) is 0 Å². The lowest BCUT2D eigenvalue weighted by atomic mass is 10.1. The zero-order valence-electron chi connectivity index (χ0n) is 12.5. The SMILES string of the molecule is COc1cc(C2(Cl)C=C3NC=CC=C3O2)cc(OC)c1OC. The third kappa shape index (κ3) is 2.27. The summed E-state index contributed by atoms with van der Waals surface area (Å²) in [5.74, 6) is 2.24. The highest BCUT2D eigenvalue weighted by molar-refractivity contribution is 6.24. The van der Waals surface area contributed by atoms with E-state index in [1.807, 2.05) is 24.4 Å². The summed E-state index contributed by atoms with van der Waals surface area (Å²) in [5, 5.41) is 1.97. The molecule has 1 N–H and O–H groups in total. The van der Waals surface area contributed by atoms with E-state index in [1.54, 1.807) is 33.5 Å². The van der Waals surface area contributed by atoms with Crippen molar-refractivity contribution in [3.63, 3.8) is 0 Å². The Balaban J connectivity index is 2.07. The first-order valence-corrected chi connectivity index (χ1v) is 7.04. The van der Waals surface area contributed by atoms with Gasteiger partial charge in [-0.1, -0.05) is 11.6 Å². The van der Waals surface area contributed by atoms with Crippen LogP contribution in [0.4, 0.5) is 0 Å². The van der Waals surface area contributed by atoms with Crippen molar-refractivity contribution in [2.24, 2.45) is 0 Å². The van der Waals surface area contributed by atoms with Crippen molar-refractivity contribution in [1.29, 1.82) is 0 Å². The monoisotopic (exact) mass is 321 g/mol. The first kappa shape index (κ1) is 14.7. The Kier molecular flexibility index (Phi) is 3.66. The van der Waals surface area contributed by atoms with Crippen molar-refractivity contribution in [3.8, 4) is 17.2 Å². The van der Waals surface area contributed by atoms with Gasteiger partial charge in [-0.3, -0.25) is 0 Å². The van der Waals surface area contributed by atoms with E-state index in [2.05, 4.69) is 5.32 Å². The average molecular weight is 322 g/mol. The van der Waals surface area contributed by atoms with Crippen LogP contribution < -0.4 is 19.5 Å². The van der Waals surface area contributed by atoms with Crippen LogP contribution in [-0.2, 0) is 9.80 Å². The molecule has 1 atom stereocenters. The first-order valence-electron chi connectivity index (χ1n) is 6.66. The van der Waals surface area contributed by atoms with Gasteiger partial charge in [0, 0.05) is 17.8 Å². The maximum absolute atomic E-state index is 6.67. The van der Waals surface area contributed by atoms with Gasteiger partial charge >= 0.3 is 0 Å². The minimum atomic E-state index is -1.13. The van der Waals surface area contributed by atoms with Crippen molar-refractivity contribution in [1.82, 2.24) is 5.32 Å². The lowest BCUT2D eigenvalue weighted by Gasteiger charge is -2.23. The first-order chi connectivity index (χ1) is 10.6. The Morgan fingerprint density at radius 2 is 1.77 bits per heavy atom. The second kappa shape index (κ2) is 5.50. The number of alkyl halides is 1. The normalized spacial score (nSPS) is 22.0. The molecular formula is C16H16ClNO4. The molecule has 3 rings (SSSR count). The Hall–Kier alpha value is -2.27. The molecule has 22 heavy (non-hydrogen) atoms. The molecule has 1 unspecified atom stereocenters. The number of hydrogen-bond donors (Lipinski definition) is 1. The quantitative estimate of drug-likeness (QED) is 0.864. The van der Waals surface area contributed by atoms with E-state index in [-0.39, 0.29) is 0 Å². The number of allylic oxidation sites excluding steroid dienone is 2. The van der Waals surface area contributed by atoms with Gasteiger partial charge < -0.3 is 24.3 Å². The third-order valence-corrected chi connectivity index (χ3v) is 3.90. The maximum atomic E-state index is 6.67. The van der Waals surface area contributed by atoms with Gasteiger partial charge in [0.1, 0.15) is 5.76 Å². The van der Waals surface area contributed by atoms with Crippen LogP contribution in [0, 0.1) is 0 Å². The molecule has 6 heteroatoms. The fraction of sp³-hybridized carbons (Fsp3) is 0.250. The minimum Gasteiger partial charge on any atom is -0.493 e. The van der Waals surface area contributed by atoms with Crippen LogP contribution in [0.1, 0.15) is 5.56 Å². The molecule has 1 aromatic rings. The number of benzene rings is 1. The second-order valence-corrected chi connectivity index (χ2v) is 5.31. The van der Waals surface area contributed by atoms with Gasteiger partial charge in [-0.2, -0.15) is 0 Å². The zero-order chi connectivity index (χ0) is 15.7. The molecule has 1 aromatic carbocycles. The molecule has 0 saturated heterocycles. The van der Waals surface area contributed by atoms with E-state index < -0.39 is 5.06 Å². The predicted molar refractivity (Wildman–Crippen MR) is 83.2 cm³/mol. The minimum absolute atomic E-state index is 0.510. The summed E-state index contributed by atoms with van der Waals surface area (Å²) in [7, 11) is 4.67. The molecule has 0 radical (unpaired) electrons. The van der Waals surface area contributed by atoms with Crippen molar-refractivity contribution in [3.05, 3.63) is 53.6 Å². The van der Waals surface area contributed by atoms with Gasteiger partial charge in [0.2, 0.25) is 10.8 Å². The number of rotatable bonds is 4. The average Bonchev–Trinajstić information content (AvgIpc) is 2.90. The van der Waals surface area contributed by atoms with Crippen LogP contribution >= 0.6 is 11.6 Å². The number of methoxy groups -OCH3 is 3. The van der Waals surface area contributed by atoms with Crippen LogP contribution in [0.2, 0.25) is 0 Å². The number of nitrogens with one attached hydrogen (secondary N) is 1. The van der Waals surface area contributed by atoms with E-state index in [9.17, 15) is 0 Å². The maximum Gasteiger partial charge on any atom is 0.230 e. The van der Waals surface area contributed by atoms with Gasteiger partial charge in [0.15, 0.2) is 11.5 Å². The van der Waals surface area contributed by atoms with Gasteiger partial charge in [-0.25, -0.2) is 0 Å². The molecule has 0 bridgehead atoms. The molecular weight excluding hydrogens is 306 g/mol. The van der Waals surface area contributed by atoms with E-state index in [4.69, 9.17) is 30.5 Å². The highest BCUT2D eigenvalue weighted by Gasteiger charge is 2.39. The number of halogens is 1. The summed E-state index contributed by atoms with van der Waals surface area (Å²) in [4.78, 5) is 0. The molecule has 0 fully saturated rings. The third-order valence-electron chi connectivity index (χ3n) is 3.49. The second-order valence-electron chi connectivity index (χ2n) is 4.75. The van der Waals surface area contributed by atoms with Crippen molar-refractivity contribution in [2.75, 3.05) is 21.3 Å². The molecule has 2 heterocycles. The molecule has 2 aliphatic rings. The molecule has 5 nitrogen and oxygen atoms in total. The van der Waals surface area contributed by atoms with Crippen LogP contribution in [0.25, 0.3) is 0 Å². The largest absolute Gasteiger partial charge is 0.493 e. The number of fused-ring (bicyclic) bond motifs is 1. The number of ether oxygens (including phenoxy) is 4. The lowest BCUT2D eigenvalue weighted by Crippen LogP contribution is -2.16. The summed E-state index contributed by atoms with van der Waals surface area (Å²) in [6.07, 6.45) is 7.33. The number of hydrogen-bond acceptors (Lipinski definition) is 5. The summed E-state index contributed by atoms with van der Waals surface area (Å²) in [5.41, 5.74) is 1.51. The molecule has 0 aromatic heterocycles. The van der Waals surface area contributed by atoms with Crippen LogP contribution in [0.3, 0.4) is 0 Å². The van der Waals surface area contributed by atoms with E-state index >= 15 is 0 Å². The lowest BCUT2D eigenvalue weighted by molar-refractivity contribution is 0.141. The standard InChI is InChI=1S/C16H16ClNO4/c1-19-13-7-10(8-14(20-2)15(13)21-3)16(17)9-11-12(22-16)5-4-6-18-11/h4-9,18H,1-3H3. The Morgan fingerprint density at radius 3 is 2.32 bits per heavy atom. The molecule has 0 saturated carbocycles. The summed E-state index contributed by atoms with van der Waals surface area (Å²) < 4.78 is 21.9. The fourth-order valence-corrected chi connectivity index (χ4v) is 2.73. The van der Waals surface area contributed by atoms with Gasteiger partial charge in [-0.15, -0.1) is 0 Å². The van der Waals surface area contributed by atoms with Crippen molar-refractivity contribution < 1.29 is 18.9 Å². The van der Waals surface area contributed by atoms with E-state index in [1.165, 1.54) is 0 Å². The zero-order valence-corrected chi connectivity index (χ0v) is 13.2. The molecule has 0 aliphatic carbocycles. The van der Waals surface area contributed by atoms with E-state index in [0.29, 0.717) is 28.6 Å². The van der Waals surface area contributed by atoms with Crippen LogP contribution in [0.5, 0.6) is 17.2 Å². The van der Waals surface area contributed by atoms with Crippen molar-refractivity contribution in [2.45, 2.75) is 5.06 Å². The van der Waals surface area contributed by atoms with Gasteiger partial charge in [0.05, 0.1) is 27.0 Å². The molecule has 2 aliphatic heterocycles. The topological polar surface area (TPSA) is 49.0 Å². The predicted octanol–water partition coefficient (Wildman–Crippen LogP) is 3.02. The smallest absolute Gasteiger partial charge is 0.230 e. The number of dihydropyridines is 1. The summed E-state index contributed by atoms with van der Waals surface area (Å²) >= 11 is 6.67. The van der Waals surface area contributed by atoms with E-state index in [0.717, 1.165) is 5.70 Å².